The average molecular weight is 875 g/mol. The van der Waals surface area contributed by atoms with E-state index in [-0.39, 0.29) is 0 Å². The summed E-state index contributed by atoms with van der Waals surface area (Å²) in [5, 5.41) is 3.57. The Labute approximate surface area is 389 Å². The summed E-state index contributed by atoms with van der Waals surface area (Å²) in [6, 6.07) is 48.9. The predicted octanol–water partition coefficient (Wildman–Crippen LogP) is 13.2. The summed E-state index contributed by atoms with van der Waals surface area (Å²) in [4.78, 5) is 38.3. The lowest BCUT2D eigenvalue weighted by Crippen LogP contribution is -2.34. The first kappa shape index (κ1) is 40.4. The number of anilines is 4. The maximum absolute atomic E-state index is 5.48. The fourth-order valence-electron chi connectivity index (χ4n) is 9.96. The van der Waals surface area contributed by atoms with Gasteiger partial charge in [-0.15, -0.1) is 0 Å². The highest BCUT2D eigenvalue weighted by molar-refractivity contribution is 6.00. The van der Waals surface area contributed by atoms with Crippen molar-refractivity contribution in [2.24, 2.45) is 0 Å². The SMILES string of the molecule is C1=Cc2nc1c(-c1ccc(Nc3nc(N4CCCCC4)nc(N4CCCCC4)n3)cc1)c1nc(c(-c3ccccc3)c3ccc([nH]3)c(-c3ccccc3)c3ccc([nH]3)c2-c2ccccc2)C=C1. The van der Waals surface area contributed by atoms with Crippen LogP contribution in [0.2, 0.25) is 0 Å². The third-order valence-corrected chi connectivity index (χ3v) is 13.3. The third-order valence-electron chi connectivity index (χ3n) is 13.3. The van der Waals surface area contributed by atoms with Crippen LogP contribution in [-0.4, -0.2) is 61.1 Å². The van der Waals surface area contributed by atoms with Gasteiger partial charge in [0.25, 0.3) is 0 Å². The Kier molecular flexibility index (Phi) is 10.7. The number of hydrogen-bond donors (Lipinski definition) is 3. The number of nitrogens with one attached hydrogen (secondary N) is 3. The van der Waals surface area contributed by atoms with E-state index in [2.05, 4.69) is 189 Å². The van der Waals surface area contributed by atoms with Crippen LogP contribution < -0.4 is 15.1 Å². The number of aromatic amines is 2. The summed E-state index contributed by atoms with van der Waals surface area (Å²) in [6.07, 6.45) is 15.6. The van der Waals surface area contributed by atoms with Crippen LogP contribution in [0.15, 0.2) is 140 Å². The van der Waals surface area contributed by atoms with Crippen molar-refractivity contribution in [3.63, 3.8) is 0 Å². The second-order valence-electron chi connectivity index (χ2n) is 17.7. The minimum absolute atomic E-state index is 0.562. The number of benzene rings is 4. The lowest BCUT2D eigenvalue weighted by atomic mass is 10.0. The summed E-state index contributed by atoms with van der Waals surface area (Å²) in [5.41, 5.74) is 16.5. The zero-order valence-electron chi connectivity index (χ0n) is 37.3. The first-order chi connectivity index (χ1) is 33.2. The Balaban J connectivity index is 1.05. The molecule has 8 aromatic rings. The lowest BCUT2D eigenvalue weighted by Gasteiger charge is -2.30. The molecule has 4 aromatic carbocycles. The molecule has 0 atom stereocenters. The van der Waals surface area contributed by atoms with Gasteiger partial charge < -0.3 is 25.1 Å². The van der Waals surface area contributed by atoms with E-state index in [1.54, 1.807) is 0 Å². The first-order valence-electron chi connectivity index (χ1n) is 23.6. The molecule has 0 radical (unpaired) electrons. The van der Waals surface area contributed by atoms with Gasteiger partial charge in [0.15, 0.2) is 0 Å². The molecular weight excluding hydrogens is 825 g/mol. The molecule has 10 heteroatoms. The number of H-pyrrole nitrogens is 2. The molecule has 3 N–H and O–H groups in total. The molecule has 4 aliphatic heterocycles. The van der Waals surface area contributed by atoms with E-state index >= 15 is 0 Å². The van der Waals surface area contributed by atoms with Crippen molar-refractivity contribution < 1.29 is 0 Å². The van der Waals surface area contributed by atoms with E-state index in [1.165, 1.54) is 12.8 Å². The van der Waals surface area contributed by atoms with Gasteiger partial charge in [0, 0.05) is 76.2 Å². The predicted molar refractivity (Wildman–Crippen MR) is 276 cm³/mol. The highest BCUT2D eigenvalue weighted by Crippen LogP contribution is 2.39. The van der Waals surface area contributed by atoms with Crippen molar-refractivity contribution in [2.45, 2.75) is 38.5 Å². The fourth-order valence-corrected chi connectivity index (χ4v) is 9.96. The molecule has 0 saturated carbocycles. The van der Waals surface area contributed by atoms with Crippen LogP contribution in [0, 0.1) is 0 Å². The Morgan fingerprint density at radius 2 is 0.716 bits per heavy atom. The van der Waals surface area contributed by atoms with Gasteiger partial charge in [-0.1, -0.05) is 103 Å². The van der Waals surface area contributed by atoms with Crippen LogP contribution in [-0.2, 0) is 0 Å². The summed E-state index contributed by atoms with van der Waals surface area (Å²) in [5.74, 6) is 2.07. The van der Waals surface area contributed by atoms with Gasteiger partial charge in [-0.25, -0.2) is 9.97 Å². The van der Waals surface area contributed by atoms with E-state index in [4.69, 9.17) is 24.9 Å². The zero-order valence-corrected chi connectivity index (χ0v) is 37.3. The van der Waals surface area contributed by atoms with Crippen LogP contribution in [0.3, 0.4) is 0 Å². The fraction of sp³-hybridized carbons (Fsp3) is 0.175. The van der Waals surface area contributed by atoms with Gasteiger partial charge in [0.2, 0.25) is 17.8 Å². The Morgan fingerprint density at radius 3 is 1.15 bits per heavy atom. The molecule has 0 amide bonds. The van der Waals surface area contributed by atoms with Crippen molar-refractivity contribution in [1.29, 1.82) is 0 Å². The zero-order chi connectivity index (χ0) is 44.5. The first-order valence-corrected chi connectivity index (χ1v) is 23.6. The molecule has 4 aromatic heterocycles. The highest BCUT2D eigenvalue weighted by Gasteiger charge is 2.22. The maximum atomic E-state index is 5.48. The average Bonchev–Trinajstić information content (AvgIpc) is 4.25. The standard InChI is InChI=1S/C57H50N10/c1-6-16-38(17-7-1)51-43-26-28-45(59-43)52(39-18-8-2-9-19-39)47-30-32-49(61-47)54(50-33-31-48(62-50)53(40-20-10-3-11-21-40)46-29-27-44(51)60-46)41-22-24-42(25-23-41)58-55-63-56(66-34-12-4-13-35-66)65-57(64-55)67-36-14-5-15-37-67/h1-3,6-11,16-33,59-60H,4-5,12-15,34-37H2,(H,58,63,64,65). The molecule has 8 bridgehead atoms. The van der Waals surface area contributed by atoms with Crippen molar-refractivity contribution in [3.8, 4) is 44.5 Å². The van der Waals surface area contributed by atoms with E-state index in [0.29, 0.717) is 5.95 Å². The number of fused-ring (bicyclic) bond motifs is 8. The van der Waals surface area contributed by atoms with Crippen LogP contribution in [0.4, 0.5) is 23.5 Å². The summed E-state index contributed by atoms with van der Waals surface area (Å²) >= 11 is 0. The number of aromatic nitrogens is 7. The number of hydrogen-bond acceptors (Lipinski definition) is 8. The molecule has 67 heavy (non-hydrogen) atoms. The molecular formula is C57H50N10. The van der Waals surface area contributed by atoms with Crippen LogP contribution in [0.25, 0.3) is 90.9 Å². The van der Waals surface area contributed by atoms with Gasteiger partial charge in [-0.2, -0.15) is 15.0 Å². The van der Waals surface area contributed by atoms with Gasteiger partial charge in [-0.05, 0) is 121 Å². The van der Waals surface area contributed by atoms with E-state index in [1.807, 2.05) is 0 Å². The molecule has 12 rings (SSSR count). The van der Waals surface area contributed by atoms with E-state index in [9.17, 15) is 0 Å². The van der Waals surface area contributed by atoms with Crippen molar-refractivity contribution in [3.05, 3.63) is 162 Å². The quantitative estimate of drug-likeness (QED) is 0.138. The largest absolute Gasteiger partial charge is 0.354 e. The van der Waals surface area contributed by atoms with Crippen molar-refractivity contribution >= 4 is 69.9 Å². The van der Waals surface area contributed by atoms with E-state index < -0.39 is 0 Å². The maximum Gasteiger partial charge on any atom is 0.233 e. The van der Waals surface area contributed by atoms with Gasteiger partial charge in [0.1, 0.15) is 0 Å². The van der Waals surface area contributed by atoms with Crippen LogP contribution in [0.1, 0.15) is 61.3 Å². The number of nitrogens with zero attached hydrogens (tertiary/aromatic N) is 7. The van der Waals surface area contributed by atoms with Gasteiger partial charge in [0.05, 0.1) is 22.8 Å². The highest BCUT2D eigenvalue weighted by atomic mass is 15.4. The molecule has 2 saturated heterocycles. The number of piperidine rings is 2. The van der Waals surface area contributed by atoms with Gasteiger partial charge in [-0.3, -0.25) is 0 Å². The smallest absolute Gasteiger partial charge is 0.233 e. The molecule has 2 fully saturated rings. The van der Waals surface area contributed by atoms with E-state index in [0.717, 1.165) is 159 Å². The molecule has 4 aliphatic rings. The van der Waals surface area contributed by atoms with Crippen molar-refractivity contribution in [2.75, 3.05) is 41.3 Å². The minimum atomic E-state index is 0.562. The second-order valence-corrected chi connectivity index (χ2v) is 17.7. The summed E-state index contributed by atoms with van der Waals surface area (Å²) in [7, 11) is 0. The summed E-state index contributed by atoms with van der Waals surface area (Å²) in [6.45, 7) is 3.86. The monoisotopic (exact) mass is 874 g/mol. The lowest BCUT2D eigenvalue weighted by molar-refractivity contribution is 0.556. The third kappa shape index (κ3) is 8.05. The molecule has 0 spiro atoms. The minimum Gasteiger partial charge on any atom is -0.354 e. The topological polar surface area (TPSA) is 115 Å². The van der Waals surface area contributed by atoms with Crippen LogP contribution >= 0.6 is 0 Å². The van der Waals surface area contributed by atoms with Crippen molar-refractivity contribution in [1.82, 2.24) is 34.9 Å². The Hall–Kier alpha value is -8.11. The van der Waals surface area contributed by atoms with Gasteiger partial charge >= 0.3 is 0 Å². The van der Waals surface area contributed by atoms with Crippen LogP contribution in [0.5, 0.6) is 0 Å². The molecule has 10 nitrogen and oxygen atoms in total. The summed E-state index contributed by atoms with van der Waals surface area (Å²) < 4.78 is 0. The molecule has 0 unspecified atom stereocenters. The Morgan fingerprint density at radius 1 is 0.343 bits per heavy atom. The Bertz CT molecular complexity index is 3150. The number of rotatable bonds is 8. The molecule has 0 aliphatic carbocycles. The molecule has 8 heterocycles. The molecule has 328 valence electrons. The second kappa shape index (κ2) is 17.7. The normalized spacial score (nSPS) is 14.7.